The van der Waals surface area contributed by atoms with Crippen LogP contribution >= 0.6 is 0 Å². The SMILES string of the molecule is C=C(OCCC)c1cc(-n2c(C)cc(OCc3ncc(F)cc3F)cc2=O)c(C)cn1. The van der Waals surface area contributed by atoms with Crippen molar-refractivity contribution in [2.24, 2.45) is 0 Å². The highest BCUT2D eigenvalue weighted by molar-refractivity contribution is 5.58. The first-order valence-electron chi connectivity index (χ1n) is 9.75. The highest BCUT2D eigenvalue weighted by Gasteiger charge is 2.13. The second-order valence-corrected chi connectivity index (χ2v) is 7.00. The molecule has 0 aliphatic rings. The van der Waals surface area contributed by atoms with Crippen molar-refractivity contribution in [3.8, 4) is 11.4 Å². The van der Waals surface area contributed by atoms with Gasteiger partial charge in [0.1, 0.15) is 35.3 Å². The smallest absolute Gasteiger partial charge is 0.259 e. The van der Waals surface area contributed by atoms with Gasteiger partial charge in [0.2, 0.25) is 0 Å². The van der Waals surface area contributed by atoms with Crippen LogP contribution in [0.15, 0.2) is 48.0 Å². The second-order valence-electron chi connectivity index (χ2n) is 7.00. The Hall–Kier alpha value is -3.55. The molecule has 162 valence electrons. The molecule has 0 saturated heterocycles. The molecule has 0 fully saturated rings. The molecule has 3 heterocycles. The third kappa shape index (κ3) is 5.14. The molecule has 0 aliphatic carbocycles. The van der Waals surface area contributed by atoms with Crippen molar-refractivity contribution in [1.82, 2.24) is 14.5 Å². The van der Waals surface area contributed by atoms with Crippen LogP contribution in [0.4, 0.5) is 8.78 Å². The second kappa shape index (κ2) is 9.51. The Bertz CT molecular complexity index is 1180. The van der Waals surface area contributed by atoms with Crippen molar-refractivity contribution in [2.45, 2.75) is 33.8 Å². The van der Waals surface area contributed by atoms with Crippen LogP contribution < -0.4 is 10.3 Å². The average Bonchev–Trinajstić information content (AvgIpc) is 2.72. The van der Waals surface area contributed by atoms with Gasteiger partial charge in [-0.15, -0.1) is 0 Å². The highest BCUT2D eigenvalue weighted by atomic mass is 19.1. The van der Waals surface area contributed by atoms with E-state index in [1.807, 2.05) is 13.8 Å². The van der Waals surface area contributed by atoms with Crippen LogP contribution in [0.5, 0.6) is 5.75 Å². The minimum Gasteiger partial charge on any atom is -0.492 e. The molecule has 3 aromatic heterocycles. The molecule has 0 bridgehead atoms. The maximum atomic E-state index is 13.8. The van der Waals surface area contributed by atoms with Crippen molar-refractivity contribution >= 4 is 5.76 Å². The number of pyridine rings is 3. The van der Waals surface area contributed by atoms with E-state index in [2.05, 4.69) is 16.5 Å². The van der Waals surface area contributed by atoms with E-state index in [0.717, 1.165) is 24.2 Å². The molecule has 0 radical (unpaired) electrons. The molecule has 0 amide bonds. The topological polar surface area (TPSA) is 66.2 Å². The minimum atomic E-state index is -0.810. The molecular weight excluding hydrogens is 404 g/mol. The molecule has 8 heteroatoms. The summed E-state index contributed by atoms with van der Waals surface area (Å²) in [5, 5.41) is 0. The zero-order valence-corrected chi connectivity index (χ0v) is 17.6. The zero-order chi connectivity index (χ0) is 22.5. The maximum Gasteiger partial charge on any atom is 0.259 e. The molecule has 0 aromatic carbocycles. The first-order chi connectivity index (χ1) is 14.8. The van der Waals surface area contributed by atoms with Gasteiger partial charge in [0.25, 0.3) is 5.56 Å². The lowest BCUT2D eigenvalue weighted by Gasteiger charge is -2.16. The standard InChI is InChI=1S/C23H23F2N3O3/c1-5-6-30-16(4)20-10-22(14(2)11-26-20)28-15(3)7-18(9-23(28)29)31-13-21-19(25)8-17(24)12-27-21/h7-12H,4-6,13H2,1-3H3. The Morgan fingerprint density at radius 3 is 2.58 bits per heavy atom. The van der Waals surface area contributed by atoms with Gasteiger partial charge in [-0.1, -0.05) is 13.5 Å². The molecule has 0 unspecified atom stereocenters. The lowest BCUT2D eigenvalue weighted by molar-refractivity contribution is 0.277. The van der Waals surface area contributed by atoms with Crippen molar-refractivity contribution in [3.63, 3.8) is 0 Å². The fraction of sp³-hybridized carbons (Fsp3) is 0.261. The molecule has 3 aromatic rings. The van der Waals surface area contributed by atoms with Crippen LogP contribution in [0.3, 0.4) is 0 Å². The van der Waals surface area contributed by atoms with Crippen LogP contribution in [0.25, 0.3) is 11.4 Å². The lowest BCUT2D eigenvalue weighted by atomic mass is 10.2. The first kappa shape index (κ1) is 22.1. The first-order valence-corrected chi connectivity index (χ1v) is 9.75. The van der Waals surface area contributed by atoms with Gasteiger partial charge < -0.3 is 9.47 Å². The summed E-state index contributed by atoms with van der Waals surface area (Å²) in [4.78, 5) is 20.9. The average molecular weight is 427 g/mol. The van der Waals surface area contributed by atoms with E-state index in [-0.39, 0.29) is 23.6 Å². The van der Waals surface area contributed by atoms with Gasteiger partial charge in [-0.25, -0.2) is 8.78 Å². The van der Waals surface area contributed by atoms with Gasteiger partial charge in [0.15, 0.2) is 5.82 Å². The van der Waals surface area contributed by atoms with Crippen LogP contribution in [0.2, 0.25) is 0 Å². The van der Waals surface area contributed by atoms with Crippen molar-refractivity contribution in [3.05, 3.63) is 87.9 Å². The number of aromatic nitrogens is 3. The molecule has 0 N–H and O–H groups in total. The summed E-state index contributed by atoms with van der Waals surface area (Å²) >= 11 is 0. The highest BCUT2D eigenvalue weighted by Crippen LogP contribution is 2.21. The number of hydrogen-bond acceptors (Lipinski definition) is 5. The maximum absolute atomic E-state index is 13.8. The van der Waals surface area contributed by atoms with Gasteiger partial charge in [0, 0.05) is 30.1 Å². The number of aryl methyl sites for hydroxylation is 2. The summed E-state index contributed by atoms with van der Waals surface area (Å²) in [6.07, 6.45) is 3.41. The summed E-state index contributed by atoms with van der Waals surface area (Å²) in [5.74, 6) is -0.889. The van der Waals surface area contributed by atoms with Crippen LogP contribution in [0.1, 0.15) is 36.0 Å². The van der Waals surface area contributed by atoms with E-state index in [9.17, 15) is 13.6 Å². The predicted octanol–water partition coefficient (Wildman–Crippen LogP) is 4.50. The number of nitrogens with zero attached hydrogens (tertiary/aromatic N) is 3. The van der Waals surface area contributed by atoms with Gasteiger partial charge >= 0.3 is 0 Å². The summed E-state index contributed by atoms with van der Waals surface area (Å²) in [6, 6.07) is 5.44. The van der Waals surface area contributed by atoms with Gasteiger partial charge in [0.05, 0.1) is 18.5 Å². The minimum absolute atomic E-state index is 0.0524. The van der Waals surface area contributed by atoms with E-state index >= 15 is 0 Å². The fourth-order valence-corrected chi connectivity index (χ4v) is 2.97. The van der Waals surface area contributed by atoms with E-state index in [1.165, 1.54) is 10.6 Å². The fourth-order valence-electron chi connectivity index (χ4n) is 2.97. The normalized spacial score (nSPS) is 10.7. The van der Waals surface area contributed by atoms with Crippen molar-refractivity contribution in [2.75, 3.05) is 6.61 Å². The Kier molecular flexibility index (Phi) is 6.79. The molecule has 0 aliphatic heterocycles. The number of hydrogen-bond donors (Lipinski definition) is 0. The summed E-state index contributed by atoms with van der Waals surface area (Å²) in [7, 11) is 0. The van der Waals surface area contributed by atoms with E-state index in [4.69, 9.17) is 9.47 Å². The van der Waals surface area contributed by atoms with Crippen LogP contribution in [-0.4, -0.2) is 21.1 Å². The lowest BCUT2D eigenvalue weighted by Crippen LogP contribution is -2.21. The third-order valence-electron chi connectivity index (χ3n) is 4.53. The molecule has 31 heavy (non-hydrogen) atoms. The number of rotatable bonds is 8. The molecule has 0 saturated carbocycles. The third-order valence-corrected chi connectivity index (χ3v) is 4.53. The van der Waals surface area contributed by atoms with Gasteiger partial charge in [-0.3, -0.25) is 19.3 Å². The van der Waals surface area contributed by atoms with Crippen LogP contribution in [-0.2, 0) is 11.3 Å². The zero-order valence-electron chi connectivity index (χ0n) is 17.6. The molecule has 0 spiro atoms. The number of ether oxygens (including phenoxy) is 2. The largest absolute Gasteiger partial charge is 0.492 e. The predicted molar refractivity (Wildman–Crippen MR) is 113 cm³/mol. The Labute approximate surface area is 178 Å². The van der Waals surface area contributed by atoms with Crippen molar-refractivity contribution in [1.29, 1.82) is 0 Å². The van der Waals surface area contributed by atoms with Gasteiger partial charge in [-0.2, -0.15) is 0 Å². The van der Waals surface area contributed by atoms with Crippen LogP contribution in [0, 0.1) is 25.5 Å². The molecule has 6 nitrogen and oxygen atoms in total. The van der Waals surface area contributed by atoms with E-state index in [1.54, 1.807) is 25.3 Å². The molecular formula is C23H23F2N3O3. The monoisotopic (exact) mass is 427 g/mol. The summed E-state index contributed by atoms with van der Waals surface area (Å²) in [6.45, 7) is 9.79. The molecule has 0 atom stereocenters. The van der Waals surface area contributed by atoms with E-state index in [0.29, 0.717) is 29.4 Å². The van der Waals surface area contributed by atoms with Crippen molar-refractivity contribution < 1.29 is 18.3 Å². The number of halogens is 2. The Morgan fingerprint density at radius 2 is 1.90 bits per heavy atom. The summed E-state index contributed by atoms with van der Waals surface area (Å²) in [5.41, 5.74) is 2.20. The Morgan fingerprint density at radius 1 is 1.13 bits per heavy atom. The van der Waals surface area contributed by atoms with Gasteiger partial charge in [-0.05, 0) is 31.9 Å². The summed E-state index contributed by atoms with van der Waals surface area (Å²) < 4.78 is 39.3. The Balaban J connectivity index is 1.88. The molecule has 3 rings (SSSR count). The quantitative estimate of drug-likeness (QED) is 0.495. The van der Waals surface area contributed by atoms with E-state index < -0.39 is 11.6 Å².